The van der Waals surface area contributed by atoms with E-state index in [4.69, 9.17) is 0 Å². The second kappa shape index (κ2) is 6.95. The zero-order valence-corrected chi connectivity index (χ0v) is 14.6. The Kier molecular flexibility index (Phi) is 4.33. The van der Waals surface area contributed by atoms with Crippen molar-refractivity contribution in [3.8, 4) is 11.3 Å². The highest BCUT2D eigenvalue weighted by Gasteiger charge is 2.16. The van der Waals surface area contributed by atoms with Gasteiger partial charge in [-0.15, -0.1) is 0 Å². The molecule has 0 fully saturated rings. The first-order valence-electron chi connectivity index (χ1n) is 8.38. The van der Waals surface area contributed by atoms with Crippen molar-refractivity contribution in [1.82, 2.24) is 25.1 Å². The van der Waals surface area contributed by atoms with Crippen LogP contribution in [0.25, 0.3) is 22.3 Å². The first-order valence-corrected chi connectivity index (χ1v) is 8.38. The van der Waals surface area contributed by atoms with Crippen molar-refractivity contribution in [2.75, 3.05) is 0 Å². The summed E-state index contributed by atoms with van der Waals surface area (Å²) in [5, 5.41) is 7.74. The van der Waals surface area contributed by atoms with E-state index in [1.807, 2.05) is 18.2 Å². The molecule has 3 heterocycles. The second-order valence-corrected chi connectivity index (χ2v) is 6.07. The highest BCUT2D eigenvalue weighted by molar-refractivity contribution is 6.06. The lowest BCUT2D eigenvalue weighted by molar-refractivity contribution is 0.0952. The van der Waals surface area contributed by atoms with E-state index >= 15 is 0 Å². The van der Waals surface area contributed by atoms with Crippen molar-refractivity contribution in [3.63, 3.8) is 0 Å². The van der Waals surface area contributed by atoms with Crippen molar-refractivity contribution in [1.29, 1.82) is 0 Å². The van der Waals surface area contributed by atoms with Crippen LogP contribution < -0.4 is 5.32 Å². The lowest BCUT2D eigenvalue weighted by Gasteiger charge is -2.09. The van der Waals surface area contributed by atoms with E-state index in [1.54, 1.807) is 42.3 Å². The van der Waals surface area contributed by atoms with Gasteiger partial charge in [0.15, 0.2) is 5.65 Å². The molecule has 3 aromatic heterocycles. The highest BCUT2D eigenvalue weighted by atomic mass is 19.1. The Morgan fingerprint density at radius 2 is 2.00 bits per heavy atom. The van der Waals surface area contributed by atoms with Gasteiger partial charge < -0.3 is 5.32 Å². The van der Waals surface area contributed by atoms with Crippen LogP contribution in [0.2, 0.25) is 0 Å². The van der Waals surface area contributed by atoms with Crippen molar-refractivity contribution >= 4 is 16.9 Å². The lowest BCUT2D eigenvalue weighted by Crippen LogP contribution is -2.23. The van der Waals surface area contributed by atoms with Crippen LogP contribution in [0.4, 0.5) is 4.39 Å². The van der Waals surface area contributed by atoms with Crippen molar-refractivity contribution in [2.45, 2.75) is 6.54 Å². The fourth-order valence-electron chi connectivity index (χ4n) is 2.84. The molecular weight excluding hydrogens is 345 g/mol. The summed E-state index contributed by atoms with van der Waals surface area (Å²) in [7, 11) is 1.76. The van der Waals surface area contributed by atoms with Gasteiger partial charge in [0.05, 0.1) is 35.1 Å². The van der Waals surface area contributed by atoms with Gasteiger partial charge in [0.2, 0.25) is 0 Å². The minimum absolute atomic E-state index is 0.246. The fraction of sp³-hybridized carbons (Fsp3) is 0.100. The quantitative estimate of drug-likeness (QED) is 0.606. The predicted molar refractivity (Wildman–Crippen MR) is 99.3 cm³/mol. The Morgan fingerprint density at radius 1 is 1.19 bits per heavy atom. The van der Waals surface area contributed by atoms with Crippen LogP contribution in [0.1, 0.15) is 16.1 Å². The topological polar surface area (TPSA) is 72.7 Å². The van der Waals surface area contributed by atoms with Gasteiger partial charge in [-0.1, -0.05) is 6.07 Å². The number of hydrogen-bond donors (Lipinski definition) is 1. The van der Waals surface area contributed by atoms with Crippen LogP contribution in [-0.4, -0.2) is 25.7 Å². The smallest absolute Gasteiger partial charge is 0.252 e. The van der Waals surface area contributed by atoms with E-state index in [1.165, 1.54) is 12.1 Å². The van der Waals surface area contributed by atoms with Crippen molar-refractivity contribution in [2.24, 2.45) is 7.05 Å². The fourth-order valence-corrected chi connectivity index (χ4v) is 2.84. The molecule has 0 saturated heterocycles. The van der Waals surface area contributed by atoms with E-state index in [-0.39, 0.29) is 11.7 Å². The molecule has 0 unspecified atom stereocenters. The molecule has 0 aliphatic heterocycles. The van der Waals surface area contributed by atoms with Crippen molar-refractivity contribution < 1.29 is 9.18 Å². The number of aromatic nitrogens is 4. The first-order chi connectivity index (χ1) is 13.1. The zero-order chi connectivity index (χ0) is 18.8. The molecule has 0 bridgehead atoms. The minimum Gasteiger partial charge on any atom is -0.346 e. The van der Waals surface area contributed by atoms with Gasteiger partial charge in [-0.05, 0) is 42.5 Å². The predicted octanol–water partition coefficient (Wildman–Crippen LogP) is 3.10. The number of rotatable bonds is 4. The summed E-state index contributed by atoms with van der Waals surface area (Å²) >= 11 is 0. The summed E-state index contributed by atoms with van der Waals surface area (Å²) in [4.78, 5) is 21.6. The Hall–Kier alpha value is -3.61. The number of halogens is 1. The number of nitrogens with zero attached hydrogens (tertiary/aromatic N) is 4. The van der Waals surface area contributed by atoms with E-state index in [0.29, 0.717) is 28.8 Å². The van der Waals surface area contributed by atoms with Gasteiger partial charge in [-0.2, -0.15) is 5.10 Å². The van der Waals surface area contributed by atoms with Crippen LogP contribution in [0.3, 0.4) is 0 Å². The first kappa shape index (κ1) is 16.8. The lowest BCUT2D eigenvalue weighted by atomic mass is 10.1. The molecule has 7 heteroatoms. The number of nitrogens with one attached hydrogen (secondary N) is 1. The number of carbonyl (C=O) groups is 1. The SMILES string of the molecule is Cn1ncc2c(C(=O)NCc3ccccn3)cc(-c3ccc(F)cc3)nc21. The molecule has 0 atom stereocenters. The Bertz CT molecular complexity index is 1110. The standard InChI is InChI=1S/C20H16FN5O/c1-26-19-17(12-24-26)16(20(27)23-11-15-4-2-3-9-22-15)10-18(25-19)13-5-7-14(21)8-6-13/h2-10,12H,11H2,1H3,(H,23,27). The Labute approximate surface area is 154 Å². The third-order valence-electron chi connectivity index (χ3n) is 4.25. The van der Waals surface area contributed by atoms with Gasteiger partial charge >= 0.3 is 0 Å². The van der Waals surface area contributed by atoms with Gasteiger partial charge in [-0.3, -0.25) is 14.5 Å². The number of hydrogen-bond acceptors (Lipinski definition) is 4. The second-order valence-electron chi connectivity index (χ2n) is 6.07. The van der Waals surface area contributed by atoms with Gasteiger partial charge in [0.1, 0.15) is 5.82 Å². The zero-order valence-electron chi connectivity index (χ0n) is 14.6. The maximum Gasteiger partial charge on any atom is 0.252 e. The molecule has 1 amide bonds. The summed E-state index contributed by atoms with van der Waals surface area (Å²) in [6, 6.07) is 13.2. The number of pyridine rings is 2. The third kappa shape index (κ3) is 3.39. The van der Waals surface area contributed by atoms with Gasteiger partial charge in [0, 0.05) is 18.8 Å². The van der Waals surface area contributed by atoms with E-state index in [9.17, 15) is 9.18 Å². The summed E-state index contributed by atoms with van der Waals surface area (Å²) in [5.74, 6) is -0.571. The molecule has 4 rings (SSSR count). The van der Waals surface area contributed by atoms with Gasteiger partial charge in [0.25, 0.3) is 5.91 Å². The number of benzene rings is 1. The highest BCUT2D eigenvalue weighted by Crippen LogP contribution is 2.25. The maximum atomic E-state index is 13.2. The van der Waals surface area contributed by atoms with E-state index in [0.717, 1.165) is 11.3 Å². The molecule has 27 heavy (non-hydrogen) atoms. The number of fused-ring (bicyclic) bond motifs is 1. The average molecular weight is 361 g/mol. The van der Waals surface area contributed by atoms with Crippen LogP contribution in [0, 0.1) is 5.82 Å². The normalized spacial score (nSPS) is 10.9. The summed E-state index contributed by atoms with van der Waals surface area (Å²) in [6.45, 7) is 0.315. The Morgan fingerprint density at radius 3 is 2.74 bits per heavy atom. The van der Waals surface area contributed by atoms with Crippen LogP contribution >= 0.6 is 0 Å². The monoisotopic (exact) mass is 361 g/mol. The van der Waals surface area contributed by atoms with Gasteiger partial charge in [-0.25, -0.2) is 9.37 Å². The van der Waals surface area contributed by atoms with Crippen LogP contribution in [0.15, 0.2) is 60.9 Å². The molecule has 0 aliphatic rings. The summed E-state index contributed by atoms with van der Waals surface area (Å²) < 4.78 is 14.8. The molecule has 0 spiro atoms. The van der Waals surface area contributed by atoms with Crippen molar-refractivity contribution in [3.05, 3.63) is 78.0 Å². The minimum atomic E-state index is -0.325. The molecule has 4 aromatic rings. The average Bonchev–Trinajstić information content (AvgIpc) is 3.08. The van der Waals surface area contributed by atoms with E-state index in [2.05, 4.69) is 20.4 Å². The van der Waals surface area contributed by atoms with E-state index < -0.39 is 0 Å². The summed E-state index contributed by atoms with van der Waals surface area (Å²) in [5.41, 5.74) is 3.11. The number of aryl methyl sites for hydroxylation is 1. The largest absolute Gasteiger partial charge is 0.346 e. The number of amides is 1. The Balaban J connectivity index is 1.72. The molecule has 134 valence electrons. The maximum absolute atomic E-state index is 13.2. The molecular formula is C20H16FN5O. The molecule has 1 aromatic carbocycles. The third-order valence-corrected chi connectivity index (χ3v) is 4.25. The molecule has 0 saturated carbocycles. The molecule has 0 radical (unpaired) electrons. The summed E-state index contributed by atoms with van der Waals surface area (Å²) in [6.07, 6.45) is 3.30. The molecule has 1 N–H and O–H groups in total. The van der Waals surface area contributed by atoms with Crippen LogP contribution in [0.5, 0.6) is 0 Å². The van der Waals surface area contributed by atoms with Crippen LogP contribution in [-0.2, 0) is 13.6 Å². The number of carbonyl (C=O) groups excluding carboxylic acids is 1. The molecule has 6 nitrogen and oxygen atoms in total. The molecule has 0 aliphatic carbocycles.